The minimum Gasteiger partial charge on any atom is -0.390 e. The Labute approximate surface area is 217 Å². The molecular weight excluding hydrogens is 458 g/mol. The number of benzene rings is 1. The molecule has 6 heteroatoms. The number of aromatic nitrogens is 3. The van der Waals surface area contributed by atoms with E-state index in [2.05, 4.69) is 55.6 Å². The fraction of sp³-hybridized carbons (Fsp3) is 0.690. The van der Waals surface area contributed by atoms with E-state index in [-0.39, 0.29) is 24.1 Å². The molecule has 2 aliphatic carbocycles. The normalized spacial score (nSPS) is 20.9. The molecule has 1 N–H and O–H groups in total. The molecular formula is C29H44ClN3O2. The van der Waals surface area contributed by atoms with E-state index in [1.54, 1.807) is 0 Å². The van der Waals surface area contributed by atoms with Gasteiger partial charge in [-0.15, -0.1) is 22.6 Å². The third-order valence-corrected chi connectivity index (χ3v) is 7.54. The lowest BCUT2D eigenvalue weighted by Gasteiger charge is -2.36. The van der Waals surface area contributed by atoms with Gasteiger partial charge < -0.3 is 9.67 Å². The van der Waals surface area contributed by atoms with Gasteiger partial charge in [-0.25, -0.2) is 0 Å². The number of aliphatic hydroxyl groups is 1. The number of Topliss-reactive ketones (excluding diaryl/α,β-unsaturated/α-hetero) is 1. The van der Waals surface area contributed by atoms with Gasteiger partial charge in [-0.3, -0.25) is 4.79 Å². The van der Waals surface area contributed by atoms with Gasteiger partial charge in [0, 0.05) is 30.7 Å². The van der Waals surface area contributed by atoms with Crippen molar-refractivity contribution in [3.05, 3.63) is 46.5 Å². The number of ketones is 1. The molecule has 1 aromatic heterocycles. The zero-order valence-corrected chi connectivity index (χ0v) is 23.2. The van der Waals surface area contributed by atoms with Crippen LogP contribution in [0.2, 0.25) is 0 Å². The Morgan fingerprint density at radius 2 is 1.86 bits per heavy atom. The third-order valence-electron chi connectivity index (χ3n) is 7.54. The number of carbonyl (C=O) groups excluding carboxylic acids is 1. The quantitative estimate of drug-likeness (QED) is 0.374. The molecule has 0 bridgehead atoms. The van der Waals surface area contributed by atoms with Gasteiger partial charge in [0.1, 0.15) is 17.4 Å². The average Bonchev–Trinajstić information content (AvgIpc) is 3.43. The molecule has 194 valence electrons. The minimum absolute atomic E-state index is 0. The average molecular weight is 502 g/mol. The highest BCUT2D eigenvalue weighted by molar-refractivity contribution is 5.85. The molecule has 5 nitrogen and oxygen atoms in total. The Morgan fingerprint density at radius 3 is 2.43 bits per heavy atom. The highest BCUT2D eigenvalue weighted by atomic mass is 35.5. The number of hydrogen-bond donors (Lipinski definition) is 1. The second kappa shape index (κ2) is 11.1. The zero-order chi connectivity index (χ0) is 24.6. The van der Waals surface area contributed by atoms with Crippen LogP contribution in [0.1, 0.15) is 119 Å². The van der Waals surface area contributed by atoms with E-state index >= 15 is 0 Å². The molecule has 0 radical (unpaired) electrons. The van der Waals surface area contributed by atoms with E-state index in [4.69, 9.17) is 5.10 Å². The van der Waals surface area contributed by atoms with Crippen molar-refractivity contribution < 1.29 is 9.90 Å². The monoisotopic (exact) mass is 501 g/mol. The molecule has 0 amide bonds. The summed E-state index contributed by atoms with van der Waals surface area (Å²) in [5, 5.41) is 20.1. The van der Waals surface area contributed by atoms with Crippen LogP contribution in [-0.4, -0.2) is 31.3 Å². The lowest BCUT2D eigenvalue weighted by Crippen LogP contribution is -2.28. The maximum Gasteiger partial charge on any atom is 0.138 e. The predicted molar refractivity (Wildman–Crippen MR) is 143 cm³/mol. The van der Waals surface area contributed by atoms with E-state index in [1.165, 1.54) is 24.8 Å². The standard InChI is InChI=1S/C29H43N3O2.ClH/c1-18(2)11-21-13-23(14-21)27-30-31-28(32(27)25-9-10-25)24(17-29(5,6)34)16-26(33)15-22-8-7-19(3)12-20(22)4;/h7-8,12,18,21,23-25,34H,9-11,13-17H2,1-6H3;1H/t21?,23?,24-;/m1./s1. The number of nitrogens with zero attached hydrogens (tertiary/aromatic N) is 3. The maximum atomic E-state index is 13.2. The molecule has 0 spiro atoms. The highest BCUT2D eigenvalue weighted by Crippen LogP contribution is 2.48. The van der Waals surface area contributed by atoms with Crippen molar-refractivity contribution in [1.82, 2.24) is 14.8 Å². The highest BCUT2D eigenvalue weighted by Gasteiger charge is 2.40. The Balaban J connectivity index is 0.00000342. The minimum atomic E-state index is -0.871. The van der Waals surface area contributed by atoms with Crippen molar-refractivity contribution in [3.63, 3.8) is 0 Å². The maximum absolute atomic E-state index is 13.2. The van der Waals surface area contributed by atoms with Crippen LogP contribution in [0.25, 0.3) is 0 Å². The smallest absolute Gasteiger partial charge is 0.138 e. The summed E-state index contributed by atoms with van der Waals surface area (Å²) in [6, 6.07) is 6.74. The summed E-state index contributed by atoms with van der Waals surface area (Å²) >= 11 is 0. The van der Waals surface area contributed by atoms with E-state index in [0.29, 0.717) is 31.2 Å². The zero-order valence-electron chi connectivity index (χ0n) is 22.4. The number of carbonyl (C=O) groups is 1. The largest absolute Gasteiger partial charge is 0.390 e. The van der Waals surface area contributed by atoms with Gasteiger partial charge >= 0.3 is 0 Å². The van der Waals surface area contributed by atoms with Gasteiger partial charge in [0.2, 0.25) is 0 Å². The number of rotatable bonds is 11. The van der Waals surface area contributed by atoms with Crippen LogP contribution in [0, 0.1) is 25.7 Å². The topological polar surface area (TPSA) is 68.0 Å². The van der Waals surface area contributed by atoms with Crippen molar-refractivity contribution >= 4 is 18.2 Å². The molecule has 2 fully saturated rings. The molecule has 1 heterocycles. The first-order chi connectivity index (χ1) is 16.0. The molecule has 35 heavy (non-hydrogen) atoms. The number of halogens is 1. The van der Waals surface area contributed by atoms with E-state index in [0.717, 1.165) is 47.5 Å². The second-order valence-corrected chi connectivity index (χ2v) is 12.2. The van der Waals surface area contributed by atoms with Crippen LogP contribution >= 0.6 is 12.4 Å². The van der Waals surface area contributed by atoms with Gasteiger partial charge in [0.15, 0.2) is 0 Å². The van der Waals surface area contributed by atoms with E-state index in [9.17, 15) is 9.90 Å². The van der Waals surface area contributed by atoms with Crippen molar-refractivity contribution in [2.24, 2.45) is 11.8 Å². The van der Waals surface area contributed by atoms with Crippen molar-refractivity contribution in [3.8, 4) is 0 Å². The predicted octanol–water partition coefficient (Wildman–Crippen LogP) is 6.64. The van der Waals surface area contributed by atoms with E-state index < -0.39 is 5.60 Å². The number of hydrogen-bond acceptors (Lipinski definition) is 4. The van der Waals surface area contributed by atoms with Gasteiger partial charge in [-0.05, 0) is 89.2 Å². The summed E-state index contributed by atoms with van der Waals surface area (Å²) < 4.78 is 2.37. The summed E-state index contributed by atoms with van der Waals surface area (Å²) in [6.45, 7) is 12.4. The lowest BCUT2D eigenvalue weighted by molar-refractivity contribution is -0.119. The van der Waals surface area contributed by atoms with Crippen LogP contribution < -0.4 is 0 Å². The van der Waals surface area contributed by atoms with Crippen LogP contribution in [0.15, 0.2) is 18.2 Å². The van der Waals surface area contributed by atoms with Crippen molar-refractivity contribution in [2.45, 2.75) is 116 Å². The first-order valence-electron chi connectivity index (χ1n) is 13.2. The van der Waals surface area contributed by atoms with Crippen LogP contribution in [0.3, 0.4) is 0 Å². The first kappa shape index (κ1) is 27.9. The molecule has 0 unspecified atom stereocenters. The van der Waals surface area contributed by atoms with Crippen LogP contribution in [0.4, 0.5) is 0 Å². The Bertz CT molecular complexity index is 1010. The first-order valence-corrected chi connectivity index (χ1v) is 13.2. The molecule has 1 atom stereocenters. The molecule has 0 aliphatic heterocycles. The summed E-state index contributed by atoms with van der Waals surface area (Å²) in [5.74, 6) is 4.15. The van der Waals surface area contributed by atoms with Crippen molar-refractivity contribution in [1.29, 1.82) is 0 Å². The third kappa shape index (κ3) is 7.16. The van der Waals surface area contributed by atoms with E-state index in [1.807, 2.05) is 13.8 Å². The van der Waals surface area contributed by atoms with Gasteiger partial charge in [0.05, 0.1) is 5.60 Å². The molecule has 4 rings (SSSR count). The SMILES string of the molecule is Cc1ccc(CC(=O)C[C@H](CC(C)(C)O)c2nnc(C3CC(CC(C)C)C3)n2C2CC2)c(C)c1.Cl. The molecule has 1 aromatic carbocycles. The Hall–Kier alpha value is -1.72. The van der Waals surface area contributed by atoms with Crippen LogP contribution in [0.5, 0.6) is 0 Å². The number of aryl methyl sites for hydroxylation is 2. The van der Waals surface area contributed by atoms with Gasteiger partial charge in [0.25, 0.3) is 0 Å². The summed E-state index contributed by atoms with van der Waals surface area (Å²) in [4.78, 5) is 13.2. The fourth-order valence-corrected chi connectivity index (χ4v) is 5.85. The Morgan fingerprint density at radius 1 is 1.17 bits per heavy atom. The fourth-order valence-electron chi connectivity index (χ4n) is 5.85. The lowest BCUT2D eigenvalue weighted by atomic mass is 9.71. The molecule has 2 saturated carbocycles. The Kier molecular flexibility index (Phi) is 8.86. The molecule has 2 aliphatic rings. The van der Waals surface area contributed by atoms with Crippen molar-refractivity contribution in [2.75, 3.05) is 0 Å². The van der Waals surface area contributed by atoms with Crippen LogP contribution in [-0.2, 0) is 11.2 Å². The summed E-state index contributed by atoms with van der Waals surface area (Å²) in [6.07, 6.45) is 7.33. The molecule has 2 aromatic rings. The second-order valence-electron chi connectivity index (χ2n) is 12.2. The molecule has 0 saturated heterocycles. The summed E-state index contributed by atoms with van der Waals surface area (Å²) in [7, 11) is 0. The summed E-state index contributed by atoms with van der Waals surface area (Å²) in [5.41, 5.74) is 2.60. The van der Waals surface area contributed by atoms with Gasteiger partial charge in [-0.2, -0.15) is 0 Å². The van der Waals surface area contributed by atoms with Gasteiger partial charge in [-0.1, -0.05) is 37.6 Å².